The molecule has 0 saturated heterocycles. The molecule has 1 amide bonds. The summed E-state index contributed by atoms with van der Waals surface area (Å²) in [5.41, 5.74) is -2.98. The predicted octanol–water partition coefficient (Wildman–Crippen LogP) is -0.704. The Labute approximate surface area is 155 Å². The van der Waals surface area contributed by atoms with Crippen LogP contribution in [-0.2, 0) is 20.6 Å². The lowest BCUT2D eigenvalue weighted by Gasteiger charge is -2.11. The Balaban J connectivity index is 1.99. The summed E-state index contributed by atoms with van der Waals surface area (Å²) in [7, 11) is 2.68. The number of nitrogens with zero attached hydrogens (tertiary/aromatic N) is 3. The molecule has 0 spiro atoms. The van der Waals surface area contributed by atoms with Crippen molar-refractivity contribution in [2.45, 2.75) is 6.54 Å². The van der Waals surface area contributed by atoms with E-state index in [9.17, 15) is 24.0 Å². The molecule has 0 saturated carbocycles. The first-order chi connectivity index (χ1) is 12.8. The Bertz CT molecular complexity index is 1250. The lowest BCUT2D eigenvalue weighted by molar-refractivity contribution is 0.102. The second kappa shape index (κ2) is 7.03. The van der Waals surface area contributed by atoms with Crippen LogP contribution in [0, 0.1) is 0 Å². The summed E-state index contributed by atoms with van der Waals surface area (Å²) in [5.74, 6) is -0.914. The Kier molecular flexibility index (Phi) is 4.77. The molecule has 0 aliphatic carbocycles. The molecular formula is C16H15N5O5S. The molecule has 3 rings (SSSR count). The number of anilines is 1. The average molecular weight is 389 g/mol. The van der Waals surface area contributed by atoms with Gasteiger partial charge in [-0.05, 0) is 11.4 Å². The van der Waals surface area contributed by atoms with E-state index in [1.165, 1.54) is 25.4 Å². The van der Waals surface area contributed by atoms with E-state index < -0.39 is 28.4 Å². The van der Waals surface area contributed by atoms with Gasteiger partial charge in [0.2, 0.25) is 0 Å². The van der Waals surface area contributed by atoms with Crippen LogP contribution in [0.25, 0.3) is 0 Å². The normalized spacial score (nSPS) is 10.7. The first-order valence-corrected chi connectivity index (χ1v) is 8.61. The van der Waals surface area contributed by atoms with E-state index in [4.69, 9.17) is 0 Å². The van der Waals surface area contributed by atoms with Gasteiger partial charge >= 0.3 is 11.4 Å². The van der Waals surface area contributed by atoms with E-state index in [1.807, 2.05) is 5.38 Å². The lowest BCUT2D eigenvalue weighted by atomic mass is 10.3. The highest BCUT2D eigenvalue weighted by Gasteiger charge is 2.17. The van der Waals surface area contributed by atoms with Crippen molar-refractivity contribution in [2.75, 3.05) is 5.32 Å². The Hall–Kier alpha value is -3.47. The second-order valence-corrected chi connectivity index (χ2v) is 6.73. The van der Waals surface area contributed by atoms with Crippen LogP contribution in [-0.4, -0.2) is 24.6 Å². The van der Waals surface area contributed by atoms with Crippen molar-refractivity contribution in [3.8, 4) is 0 Å². The number of aromatic amines is 1. The molecule has 0 unspecified atom stereocenters. The predicted molar refractivity (Wildman–Crippen MR) is 99.6 cm³/mol. The van der Waals surface area contributed by atoms with Crippen LogP contribution in [0.3, 0.4) is 0 Å². The third-order valence-corrected chi connectivity index (χ3v) is 4.83. The maximum absolute atomic E-state index is 12.6. The van der Waals surface area contributed by atoms with Crippen LogP contribution in [0.1, 0.15) is 15.2 Å². The number of aromatic nitrogens is 4. The molecule has 11 heteroatoms. The van der Waals surface area contributed by atoms with Crippen LogP contribution in [0.5, 0.6) is 0 Å². The molecule has 0 radical (unpaired) electrons. The van der Waals surface area contributed by atoms with Crippen molar-refractivity contribution in [3.63, 3.8) is 0 Å². The average Bonchev–Trinajstić information content (AvgIpc) is 3.14. The standard InChI is InChI=1S/C16H15N5O5S/c1-19-11(6-12(22)20(2)16(19)26)18-13(23)10-7-17-15(25)21(14(10)24)8-9-4-3-5-27-9/h3-7H,8H2,1-2H3,(H,17,25)(H,18,23). The minimum atomic E-state index is -0.848. The topological polar surface area (TPSA) is 128 Å². The second-order valence-electron chi connectivity index (χ2n) is 5.70. The van der Waals surface area contributed by atoms with E-state index in [0.29, 0.717) is 0 Å². The summed E-state index contributed by atoms with van der Waals surface area (Å²) in [6.45, 7) is 0.0251. The summed E-state index contributed by atoms with van der Waals surface area (Å²) in [6, 6.07) is 4.61. The van der Waals surface area contributed by atoms with Crippen molar-refractivity contribution in [3.05, 3.63) is 81.9 Å². The Morgan fingerprint density at radius 2 is 1.93 bits per heavy atom. The van der Waals surface area contributed by atoms with Crippen molar-refractivity contribution < 1.29 is 4.79 Å². The number of carbonyl (C=O) groups excluding carboxylic acids is 1. The zero-order chi connectivity index (χ0) is 19.7. The number of rotatable bonds is 4. The largest absolute Gasteiger partial charge is 0.332 e. The maximum Gasteiger partial charge on any atom is 0.332 e. The van der Waals surface area contributed by atoms with Crippen LogP contribution < -0.4 is 27.8 Å². The van der Waals surface area contributed by atoms with Gasteiger partial charge in [-0.2, -0.15) is 0 Å². The SMILES string of the molecule is Cn1c(NC(=O)c2c[nH]c(=O)n(Cc3cccs3)c2=O)cc(=O)n(C)c1=O. The molecule has 0 bridgehead atoms. The molecule has 0 atom stereocenters. The Morgan fingerprint density at radius 1 is 1.19 bits per heavy atom. The zero-order valence-electron chi connectivity index (χ0n) is 14.4. The van der Waals surface area contributed by atoms with E-state index in [0.717, 1.165) is 30.8 Å². The summed E-state index contributed by atoms with van der Waals surface area (Å²) in [4.78, 5) is 63.9. The third kappa shape index (κ3) is 3.44. The molecule has 0 aliphatic rings. The van der Waals surface area contributed by atoms with E-state index in [2.05, 4.69) is 10.3 Å². The quantitative estimate of drug-likeness (QED) is 0.610. The van der Waals surface area contributed by atoms with Crippen molar-refractivity contribution in [2.24, 2.45) is 14.1 Å². The number of thiophene rings is 1. The summed E-state index contributed by atoms with van der Waals surface area (Å²) in [6.07, 6.45) is 1.00. The van der Waals surface area contributed by atoms with Gasteiger partial charge in [0, 0.05) is 31.2 Å². The number of amides is 1. The van der Waals surface area contributed by atoms with Crippen LogP contribution in [0.15, 0.2) is 49.0 Å². The van der Waals surface area contributed by atoms with E-state index in [1.54, 1.807) is 12.1 Å². The number of H-pyrrole nitrogens is 1. The lowest BCUT2D eigenvalue weighted by Crippen LogP contribution is -2.41. The molecule has 2 N–H and O–H groups in total. The van der Waals surface area contributed by atoms with Crippen LogP contribution in [0.2, 0.25) is 0 Å². The monoisotopic (exact) mass is 389 g/mol. The smallest absolute Gasteiger partial charge is 0.313 e. The minimum Gasteiger partial charge on any atom is -0.313 e. The molecule has 0 aromatic carbocycles. The number of hydrogen-bond acceptors (Lipinski definition) is 6. The third-order valence-electron chi connectivity index (χ3n) is 3.97. The van der Waals surface area contributed by atoms with Gasteiger partial charge in [0.1, 0.15) is 11.4 Å². The summed E-state index contributed by atoms with van der Waals surface area (Å²) >= 11 is 1.37. The molecule has 3 aromatic rings. The fourth-order valence-corrected chi connectivity index (χ4v) is 3.11. The van der Waals surface area contributed by atoms with Crippen LogP contribution >= 0.6 is 11.3 Å². The van der Waals surface area contributed by atoms with Crippen molar-refractivity contribution in [1.82, 2.24) is 18.7 Å². The molecular weight excluding hydrogens is 374 g/mol. The summed E-state index contributed by atoms with van der Waals surface area (Å²) < 4.78 is 2.85. The van der Waals surface area contributed by atoms with Gasteiger partial charge in [0.15, 0.2) is 0 Å². The van der Waals surface area contributed by atoms with Gasteiger partial charge in [0.25, 0.3) is 17.0 Å². The van der Waals surface area contributed by atoms with Crippen LogP contribution in [0.4, 0.5) is 5.82 Å². The van der Waals surface area contributed by atoms with E-state index >= 15 is 0 Å². The summed E-state index contributed by atoms with van der Waals surface area (Å²) in [5, 5.41) is 4.17. The fourth-order valence-electron chi connectivity index (χ4n) is 2.41. The highest BCUT2D eigenvalue weighted by Crippen LogP contribution is 2.08. The van der Waals surface area contributed by atoms with Gasteiger partial charge in [-0.1, -0.05) is 6.07 Å². The maximum atomic E-state index is 12.6. The zero-order valence-corrected chi connectivity index (χ0v) is 15.2. The van der Waals surface area contributed by atoms with Gasteiger partial charge in [0.05, 0.1) is 6.54 Å². The number of carbonyl (C=O) groups is 1. The highest BCUT2D eigenvalue weighted by atomic mass is 32.1. The van der Waals surface area contributed by atoms with Crippen molar-refractivity contribution >= 4 is 23.1 Å². The first kappa shape index (κ1) is 18.3. The number of nitrogens with one attached hydrogen (secondary N) is 2. The Morgan fingerprint density at radius 3 is 2.59 bits per heavy atom. The molecule has 3 aromatic heterocycles. The van der Waals surface area contributed by atoms with Gasteiger partial charge in [-0.3, -0.25) is 28.1 Å². The van der Waals surface area contributed by atoms with Gasteiger partial charge in [-0.25, -0.2) is 9.59 Å². The molecule has 140 valence electrons. The van der Waals surface area contributed by atoms with Gasteiger partial charge in [-0.15, -0.1) is 11.3 Å². The highest BCUT2D eigenvalue weighted by molar-refractivity contribution is 7.09. The molecule has 0 aliphatic heterocycles. The molecule has 0 fully saturated rings. The van der Waals surface area contributed by atoms with Crippen molar-refractivity contribution in [1.29, 1.82) is 0 Å². The molecule has 27 heavy (non-hydrogen) atoms. The first-order valence-electron chi connectivity index (χ1n) is 7.73. The molecule has 10 nitrogen and oxygen atoms in total. The fraction of sp³-hybridized carbons (Fsp3) is 0.188. The minimum absolute atomic E-state index is 0.0251. The van der Waals surface area contributed by atoms with Gasteiger partial charge < -0.3 is 10.3 Å². The van der Waals surface area contributed by atoms with E-state index in [-0.39, 0.29) is 17.9 Å². The molecule has 3 heterocycles. The number of hydrogen-bond donors (Lipinski definition) is 2.